The molecule has 1 aromatic rings. The molecule has 1 saturated carbocycles. The third-order valence-electron chi connectivity index (χ3n) is 4.20. The van der Waals surface area contributed by atoms with Crippen LogP contribution >= 0.6 is 0 Å². The maximum absolute atomic E-state index is 12.2. The van der Waals surface area contributed by atoms with E-state index in [0.717, 1.165) is 19.5 Å². The number of rotatable bonds is 5. The van der Waals surface area contributed by atoms with Gasteiger partial charge in [-0.3, -0.25) is 4.79 Å². The minimum atomic E-state index is 0.264. The third kappa shape index (κ3) is 2.58. The molecule has 1 aromatic carbocycles. The highest BCUT2D eigenvalue weighted by molar-refractivity contribution is 5.81. The first-order valence-electron chi connectivity index (χ1n) is 7.02. The van der Waals surface area contributed by atoms with Crippen molar-refractivity contribution in [2.45, 2.75) is 33.1 Å². The SMILES string of the molecule is CCN(CC)C(=O)[C@H]1C[C@@H]1C(C)c1ccccc1. The number of carbonyl (C=O) groups excluding carboxylic acids is 1. The molecular weight excluding hydrogens is 222 g/mol. The molecule has 0 radical (unpaired) electrons. The van der Waals surface area contributed by atoms with Crippen LogP contribution in [0.15, 0.2) is 30.3 Å². The minimum absolute atomic E-state index is 0.264. The van der Waals surface area contributed by atoms with Crippen LogP contribution in [0.5, 0.6) is 0 Å². The first kappa shape index (κ1) is 13.1. The van der Waals surface area contributed by atoms with Crippen LogP contribution in [0, 0.1) is 11.8 Å². The maximum Gasteiger partial charge on any atom is 0.225 e. The second-order valence-corrected chi connectivity index (χ2v) is 5.22. The van der Waals surface area contributed by atoms with E-state index in [1.165, 1.54) is 5.56 Å². The van der Waals surface area contributed by atoms with Crippen molar-refractivity contribution in [3.8, 4) is 0 Å². The van der Waals surface area contributed by atoms with Gasteiger partial charge in [-0.05, 0) is 37.7 Å². The van der Waals surface area contributed by atoms with Crippen LogP contribution < -0.4 is 0 Å². The van der Waals surface area contributed by atoms with Crippen molar-refractivity contribution in [1.29, 1.82) is 0 Å². The van der Waals surface area contributed by atoms with Crippen molar-refractivity contribution in [1.82, 2.24) is 4.90 Å². The number of hydrogen-bond donors (Lipinski definition) is 0. The molecule has 0 aliphatic heterocycles. The highest BCUT2D eigenvalue weighted by atomic mass is 16.2. The summed E-state index contributed by atoms with van der Waals surface area (Å²) >= 11 is 0. The molecule has 2 rings (SSSR count). The predicted octanol–water partition coefficient (Wildman–Crippen LogP) is 3.29. The number of amides is 1. The molecule has 2 nitrogen and oxygen atoms in total. The van der Waals surface area contributed by atoms with Crippen LogP contribution in [0.3, 0.4) is 0 Å². The molecule has 1 aliphatic rings. The van der Waals surface area contributed by atoms with Crippen LogP contribution in [0.4, 0.5) is 0 Å². The van der Waals surface area contributed by atoms with E-state index in [-0.39, 0.29) is 5.92 Å². The molecule has 0 bridgehead atoms. The number of nitrogens with zero attached hydrogens (tertiary/aromatic N) is 1. The summed E-state index contributed by atoms with van der Waals surface area (Å²) in [5.74, 6) is 1.66. The molecule has 0 spiro atoms. The average Bonchev–Trinajstić information content (AvgIpc) is 3.20. The van der Waals surface area contributed by atoms with Gasteiger partial charge in [-0.1, -0.05) is 37.3 Å². The van der Waals surface area contributed by atoms with Crippen molar-refractivity contribution in [2.24, 2.45) is 11.8 Å². The van der Waals surface area contributed by atoms with Crippen LogP contribution in [-0.4, -0.2) is 23.9 Å². The lowest BCUT2D eigenvalue weighted by Crippen LogP contribution is -2.32. The molecule has 0 aromatic heterocycles. The minimum Gasteiger partial charge on any atom is -0.343 e. The number of carbonyl (C=O) groups is 1. The Morgan fingerprint density at radius 1 is 1.28 bits per heavy atom. The second-order valence-electron chi connectivity index (χ2n) is 5.22. The van der Waals surface area contributed by atoms with E-state index in [1.807, 2.05) is 11.0 Å². The molecule has 1 amide bonds. The zero-order valence-corrected chi connectivity index (χ0v) is 11.6. The largest absolute Gasteiger partial charge is 0.343 e. The van der Waals surface area contributed by atoms with Gasteiger partial charge in [-0.25, -0.2) is 0 Å². The van der Waals surface area contributed by atoms with Gasteiger partial charge in [-0.15, -0.1) is 0 Å². The number of hydrogen-bond acceptors (Lipinski definition) is 1. The Bertz CT molecular complexity index is 397. The van der Waals surface area contributed by atoms with E-state index in [4.69, 9.17) is 0 Å². The zero-order valence-electron chi connectivity index (χ0n) is 11.6. The molecule has 2 heteroatoms. The van der Waals surface area contributed by atoms with E-state index in [2.05, 4.69) is 45.0 Å². The summed E-state index contributed by atoms with van der Waals surface area (Å²) < 4.78 is 0. The fourth-order valence-corrected chi connectivity index (χ4v) is 2.82. The Labute approximate surface area is 110 Å². The summed E-state index contributed by atoms with van der Waals surface area (Å²) in [6.07, 6.45) is 1.06. The molecule has 3 atom stereocenters. The van der Waals surface area contributed by atoms with Crippen LogP contribution in [-0.2, 0) is 4.79 Å². The van der Waals surface area contributed by atoms with Crippen LogP contribution in [0.1, 0.15) is 38.7 Å². The van der Waals surface area contributed by atoms with Gasteiger partial charge in [0, 0.05) is 19.0 Å². The van der Waals surface area contributed by atoms with Crippen molar-refractivity contribution < 1.29 is 4.79 Å². The van der Waals surface area contributed by atoms with Crippen molar-refractivity contribution in [2.75, 3.05) is 13.1 Å². The molecule has 1 aliphatic carbocycles. The Morgan fingerprint density at radius 3 is 2.44 bits per heavy atom. The van der Waals surface area contributed by atoms with E-state index >= 15 is 0 Å². The molecule has 98 valence electrons. The summed E-state index contributed by atoms with van der Waals surface area (Å²) in [5, 5.41) is 0. The predicted molar refractivity (Wildman–Crippen MR) is 74.4 cm³/mol. The lowest BCUT2D eigenvalue weighted by Gasteiger charge is -2.19. The molecule has 1 fully saturated rings. The Kier molecular flexibility index (Phi) is 4.05. The summed E-state index contributed by atoms with van der Waals surface area (Å²) in [6, 6.07) is 10.5. The topological polar surface area (TPSA) is 20.3 Å². The molecule has 0 saturated heterocycles. The molecule has 1 unspecified atom stereocenters. The van der Waals surface area contributed by atoms with Gasteiger partial charge < -0.3 is 4.90 Å². The van der Waals surface area contributed by atoms with Gasteiger partial charge in [0.25, 0.3) is 0 Å². The smallest absolute Gasteiger partial charge is 0.225 e. The van der Waals surface area contributed by atoms with Gasteiger partial charge in [0.05, 0.1) is 0 Å². The highest BCUT2D eigenvalue weighted by Crippen LogP contribution is 2.49. The van der Waals surface area contributed by atoms with Gasteiger partial charge in [-0.2, -0.15) is 0 Å². The molecule has 18 heavy (non-hydrogen) atoms. The third-order valence-corrected chi connectivity index (χ3v) is 4.20. The quantitative estimate of drug-likeness (QED) is 0.779. The van der Waals surface area contributed by atoms with Gasteiger partial charge in [0.2, 0.25) is 5.91 Å². The lowest BCUT2D eigenvalue weighted by molar-refractivity contribution is -0.132. The summed E-state index contributed by atoms with van der Waals surface area (Å²) in [5.41, 5.74) is 1.36. The van der Waals surface area contributed by atoms with Crippen molar-refractivity contribution >= 4 is 5.91 Å². The normalized spacial score (nSPS) is 23.5. The summed E-state index contributed by atoms with van der Waals surface area (Å²) in [7, 11) is 0. The fraction of sp³-hybridized carbons (Fsp3) is 0.562. The van der Waals surface area contributed by atoms with Crippen molar-refractivity contribution in [3.05, 3.63) is 35.9 Å². The zero-order chi connectivity index (χ0) is 13.1. The summed E-state index contributed by atoms with van der Waals surface area (Å²) in [6.45, 7) is 8.02. The average molecular weight is 245 g/mol. The van der Waals surface area contributed by atoms with Gasteiger partial charge in [0.1, 0.15) is 0 Å². The van der Waals surface area contributed by atoms with Gasteiger partial charge >= 0.3 is 0 Å². The lowest BCUT2D eigenvalue weighted by atomic mass is 9.95. The Morgan fingerprint density at radius 2 is 1.89 bits per heavy atom. The van der Waals surface area contributed by atoms with Crippen molar-refractivity contribution in [3.63, 3.8) is 0 Å². The first-order valence-corrected chi connectivity index (χ1v) is 7.02. The van der Waals surface area contributed by atoms with E-state index in [1.54, 1.807) is 0 Å². The standard InChI is InChI=1S/C16H23NO/c1-4-17(5-2)16(18)15-11-14(15)12(3)13-9-7-6-8-10-13/h6-10,12,14-15H,4-5,11H2,1-3H3/t12?,14-,15+/m1/s1. The van der Waals surface area contributed by atoms with Crippen LogP contribution in [0.25, 0.3) is 0 Å². The maximum atomic E-state index is 12.2. The summed E-state index contributed by atoms with van der Waals surface area (Å²) in [4.78, 5) is 14.2. The number of benzene rings is 1. The molecule has 0 heterocycles. The van der Waals surface area contributed by atoms with E-state index in [0.29, 0.717) is 17.7 Å². The Balaban J connectivity index is 1.97. The van der Waals surface area contributed by atoms with E-state index < -0.39 is 0 Å². The van der Waals surface area contributed by atoms with Gasteiger partial charge in [0.15, 0.2) is 0 Å². The first-order chi connectivity index (χ1) is 8.69. The molecule has 0 N–H and O–H groups in total. The highest BCUT2D eigenvalue weighted by Gasteiger charge is 2.47. The molecular formula is C16H23NO. The van der Waals surface area contributed by atoms with E-state index in [9.17, 15) is 4.79 Å². The monoisotopic (exact) mass is 245 g/mol. The van der Waals surface area contributed by atoms with Crippen LogP contribution in [0.2, 0.25) is 0 Å². The second kappa shape index (κ2) is 5.55. The Hall–Kier alpha value is -1.31. The fourth-order valence-electron chi connectivity index (χ4n) is 2.82.